The van der Waals surface area contributed by atoms with Crippen LogP contribution in [0.15, 0.2) is 64.6 Å². The van der Waals surface area contributed by atoms with Crippen LogP contribution in [0.5, 0.6) is 11.5 Å². The molecule has 376 valence electrons. The van der Waals surface area contributed by atoms with E-state index < -0.39 is 0 Å². The van der Waals surface area contributed by atoms with Crippen molar-refractivity contribution in [2.45, 2.75) is 260 Å². The quantitative estimate of drug-likeness (QED) is 0.0255. The minimum Gasteiger partial charge on any atom is -0.873 e. The second-order valence-electron chi connectivity index (χ2n) is 19.0. The van der Waals surface area contributed by atoms with Gasteiger partial charge in [0.05, 0.1) is 17.1 Å². The van der Waals surface area contributed by atoms with Gasteiger partial charge in [-0.3, -0.25) is 4.99 Å². The first kappa shape index (κ1) is 61.7. The SMILES string of the molecule is CCCCCCCCCCCCCCCCCCCC#CC(=Nc1ccc(CCCC)c(CCCC)c1)C(C)=Nc1ccc(CCCC)c(CCCC)c1.CCCCc1cccc([O-])c1[O-].[Ni+2]. The van der Waals surface area contributed by atoms with Crippen molar-refractivity contribution in [1.82, 2.24) is 0 Å². The van der Waals surface area contributed by atoms with Crippen molar-refractivity contribution < 1.29 is 26.7 Å². The maximum absolute atomic E-state index is 11.2. The number of para-hydroxylation sites is 1. The first-order chi connectivity index (χ1) is 32.3. The van der Waals surface area contributed by atoms with Crippen molar-refractivity contribution in [3.8, 4) is 23.3 Å². The summed E-state index contributed by atoms with van der Waals surface area (Å²) in [5.41, 5.74) is 10.3. The van der Waals surface area contributed by atoms with E-state index >= 15 is 0 Å². The fourth-order valence-corrected chi connectivity index (χ4v) is 8.57. The molecule has 0 fully saturated rings. The molecule has 0 radical (unpaired) electrons. The van der Waals surface area contributed by atoms with Crippen molar-refractivity contribution in [2.24, 2.45) is 9.98 Å². The summed E-state index contributed by atoms with van der Waals surface area (Å²) in [7, 11) is 0. The molecule has 0 aliphatic rings. The van der Waals surface area contributed by atoms with Crippen LogP contribution in [-0.4, -0.2) is 11.4 Å². The molecule has 4 nitrogen and oxygen atoms in total. The van der Waals surface area contributed by atoms with Gasteiger partial charge in [0.25, 0.3) is 0 Å². The first-order valence-electron chi connectivity index (χ1n) is 27.6. The van der Waals surface area contributed by atoms with E-state index in [1.165, 1.54) is 189 Å². The predicted molar refractivity (Wildman–Crippen MR) is 288 cm³/mol. The third kappa shape index (κ3) is 28.7. The molecule has 0 atom stereocenters. The molecule has 0 aliphatic heterocycles. The molecule has 0 unspecified atom stereocenters. The standard InChI is InChI=1S/C52H84N2.C10H14O2.Ni/c1-7-12-17-18-19-20-21-22-23-24-25-26-27-28-29-30-31-32-33-38-52(54-51-42-40-47(35-14-9-3)49(44-51)37-16-11-5)45(6)53-50-41-39-46(34-13-8-2)48(43-50)36-15-10-4;1-2-3-5-8-6-4-7-9(11)10(8)12;/h39-44H,7-32,34-37H2,1-6H3;4,6-7,11-12H,2-3,5H2,1H3;/q;;+2/p-2. The topological polar surface area (TPSA) is 70.8 Å². The summed E-state index contributed by atoms with van der Waals surface area (Å²) in [6.45, 7) is 15.6. The number of nitrogens with zero attached hydrogens (tertiary/aromatic N) is 2. The smallest absolute Gasteiger partial charge is 0.873 e. The molecule has 3 aromatic rings. The van der Waals surface area contributed by atoms with Crippen LogP contribution >= 0.6 is 0 Å². The monoisotopic (exact) mass is 959 g/mol. The van der Waals surface area contributed by atoms with Crippen LogP contribution in [0.3, 0.4) is 0 Å². The van der Waals surface area contributed by atoms with Gasteiger partial charge < -0.3 is 10.2 Å². The van der Waals surface area contributed by atoms with Crippen LogP contribution < -0.4 is 10.2 Å². The molecule has 67 heavy (non-hydrogen) atoms. The van der Waals surface area contributed by atoms with Crippen LogP contribution in [0.25, 0.3) is 0 Å². The molecule has 0 N–H and O–H groups in total. The molecule has 5 heteroatoms. The van der Waals surface area contributed by atoms with Gasteiger partial charge in [0.2, 0.25) is 0 Å². The summed E-state index contributed by atoms with van der Waals surface area (Å²) in [6.07, 6.45) is 41.8. The van der Waals surface area contributed by atoms with E-state index in [1.807, 2.05) is 0 Å². The van der Waals surface area contributed by atoms with Crippen LogP contribution in [0.2, 0.25) is 0 Å². The molecule has 0 spiro atoms. The van der Waals surface area contributed by atoms with Crippen molar-refractivity contribution >= 4 is 22.8 Å². The molecule has 0 aliphatic carbocycles. The molecular formula is C62H96N2NiO2. The molecule has 3 aromatic carbocycles. The normalized spacial score (nSPS) is 11.4. The van der Waals surface area contributed by atoms with Gasteiger partial charge in [-0.1, -0.05) is 218 Å². The molecule has 0 aromatic heterocycles. The molecule has 0 heterocycles. The third-order valence-corrected chi connectivity index (χ3v) is 12.9. The number of aliphatic imine (C=N–C) groups is 2. The Labute approximate surface area is 423 Å². The van der Waals surface area contributed by atoms with Gasteiger partial charge in [-0.05, 0) is 130 Å². The molecular weight excluding hydrogens is 863 g/mol. The second-order valence-corrected chi connectivity index (χ2v) is 19.0. The third-order valence-electron chi connectivity index (χ3n) is 12.9. The van der Waals surface area contributed by atoms with Crippen molar-refractivity contribution in [3.63, 3.8) is 0 Å². The Balaban J connectivity index is 0.00000149. The predicted octanol–water partition coefficient (Wildman–Crippen LogP) is 18.1. The Morgan fingerprint density at radius 2 is 0.791 bits per heavy atom. The van der Waals surface area contributed by atoms with E-state index in [4.69, 9.17) is 9.98 Å². The zero-order chi connectivity index (χ0) is 47.9. The number of rotatable bonds is 35. The summed E-state index contributed by atoms with van der Waals surface area (Å²) in [5.74, 6) is 6.32. The Bertz CT molecular complexity index is 1820. The van der Waals surface area contributed by atoms with Gasteiger partial charge in [-0.2, -0.15) is 0 Å². The Morgan fingerprint density at radius 3 is 1.22 bits per heavy atom. The van der Waals surface area contributed by atoms with Gasteiger partial charge in [0.15, 0.2) is 0 Å². The van der Waals surface area contributed by atoms with Crippen LogP contribution in [0.4, 0.5) is 11.4 Å². The molecule has 3 rings (SSSR count). The molecule has 0 saturated carbocycles. The summed E-state index contributed by atoms with van der Waals surface area (Å²) in [5, 5.41) is 22.1. The van der Waals surface area contributed by atoms with E-state index in [9.17, 15) is 10.2 Å². The fraction of sp³-hybridized carbons (Fsp3) is 0.645. The Hall–Kier alpha value is -3.35. The number of unbranched alkanes of at least 4 members (excludes halogenated alkanes) is 22. The average Bonchev–Trinajstić information content (AvgIpc) is 3.32. The summed E-state index contributed by atoms with van der Waals surface area (Å²) >= 11 is 0. The van der Waals surface area contributed by atoms with Gasteiger partial charge >= 0.3 is 16.5 Å². The van der Waals surface area contributed by atoms with Crippen molar-refractivity contribution in [2.75, 3.05) is 0 Å². The average molecular weight is 960 g/mol. The van der Waals surface area contributed by atoms with Gasteiger partial charge in [0, 0.05) is 6.42 Å². The zero-order valence-electron chi connectivity index (χ0n) is 44.1. The maximum Gasteiger partial charge on any atom is 2.00 e. The van der Waals surface area contributed by atoms with Gasteiger partial charge in [-0.15, -0.1) is 11.5 Å². The van der Waals surface area contributed by atoms with Crippen molar-refractivity contribution in [1.29, 1.82) is 0 Å². The van der Waals surface area contributed by atoms with Gasteiger partial charge in [-0.25, -0.2) is 4.99 Å². The first-order valence-corrected chi connectivity index (χ1v) is 27.6. The van der Waals surface area contributed by atoms with Gasteiger partial charge in [0.1, 0.15) is 5.71 Å². The van der Waals surface area contributed by atoms with E-state index in [0.29, 0.717) is 5.56 Å². The largest absolute Gasteiger partial charge is 2.00 e. The Kier molecular flexibility index (Phi) is 38.3. The van der Waals surface area contributed by atoms with Crippen LogP contribution in [0, 0.1) is 11.8 Å². The number of aryl methyl sites for hydroxylation is 5. The minimum atomic E-state index is -0.386. The van der Waals surface area contributed by atoms with E-state index in [0.717, 1.165) is 74.2 Å². The van der Waals surface area contributed by atoms with E-state index in [-0.39, 0.29) is 28.0 Å². The molecule has 0 bridgehead atoms. The minimum absolute atomic E-state index is 0. The Morgan fingerprint density at radius 1 is 0.418 bits per heavy atom. The summed E-state index contributed by atoms with van der Waals surface area (Å²) in [6, 6.07) is 18.4. The van der Waals surface area contributed by atoms with Crippen LogP contribution in [-0.2, 0) is 48.6 Å². The number of benzene rings is 3. The summed E-state index contributed by atoms with van der Waals surface area (Å²) in [4.78, 5) is 10.4. The summed E-state index contributed by atoms with van der Waals surface area (Å²) < 4.78 is 0. The zero-order valence-corrected chi connectivity index (χ0v) is 45.0. The van der Waals surface area contributed by atoms with Crippen molar-refractivity contribution in [3.05, 3.63) is 82.4 Å². The number of hydrogen-bond donors (Lipinski definition) is 0. The fourth-order valence-electron chi connectivity index (χ4n) is 8.57. The molecule has 0 saturated heterocycles. The van der Waals surface area contributed by atoms with Crippen LogP contribution in [0.1, 0.15) is 256 Å². The van der Waals surface area contributed by atoms with E-state index in [2.05, 4.69) is 96.7 Å². The maximum atomic E-state index is 11.2. The van der Waals surface area contributed by atoms with E-state index in [1.54, 1.807) is 12.1 Å². The molecule has 0 amide bonds. The number of hydrogen-bond acceptors (Lipinski definition) is 4. The second kappa shape index (κ2) is 41.6.